The van der Waals surface area contributed by atoms with Crippen LogP contribution in [-0.4, -0.2) is 34.0 Å². The first-order valence-electron chi connectivity index (χ1n) is 4.92. The van der Waals surface area contributed by atoms with Crippen molar-refractivity contribution in [3.63, 3.8) is 0 Å². The van der Waals surface area contributed by atoms with Crippen molar-refractivity contribution < 1.29 is 17.3 Å². The molecular weight excluding hydrogens is 204 g/mol. The fourth-order valence-corrected chi connectivity index (χ4v) is 1.29. The van der Waals surface area contributed by atoms with E-state index in [0.717, 1.165) is 0 Å². The van der Waals surface area contributed by atoms with Gasteiger partial charge in [-0.25, -0.2) is 0 Å². The van der Waals surface area contributed by atoms with E-state index >= 15 is 0 Å². The molecule has 0 rings (SSSR count). The monoisotopic (exact) mass is 224 g/mol. The molecule has 0 N–H and O–H groups in total. The predicted molar refractivity (Wildman–Crippen MR) is 55.7 cm³/mol. The molecular formula is C9H20O4S. The largest absolute Gasteiger partial charge is 0.381 e. The average molecular weight is 224 g/mol. The second kappa shape index (κ2) is 7.20. The van der Waals surface area contributed by atoms with Gasteiger partial charge < -0.3 is 4.74 Å². The molecule has 0 bridgehead atoms. The maximum absolute atomic E-state index is 10.9. The molecule has 0 amide bonds. The van der Waals surface area contributed by atoms with Crippen LogP contribution in [0.2, 0.25) is 0 Å². The Morgan fingerprint density at radius 3 is 2.36 bits per heavy atom. The predicted octanol–water partition coefficient (Wildman–Crippen LogP) is 1.42. The normalized spacial score (nSPS) is 12.3. The van der Waals surface area contributed by atoms with Gasteiger partial charge in [-0.1, -0.05) is 13.8 Å². The molecule has 4 nitrogen and oxygen atoms in total. The van der Waals surface area contributed by atoms with Gasteiger partial charge in [-0.15, -0.1) is 0 Å². The van der Waals surface area contributed by atoms with E-state index < -0.39 is 10.1 Å². The molecule has 14 heavy (non-hydrogen) atoms. The van der Waals surface area contributed by atoms with Crippen LogP contribution in [0.3, 0.4) is 0 Å². The Balaban J connectivity index is 3.31. The van der Waals surface area contributed by atoms with Crippen LogP contribution in [0.5, 0.6) is 0 Å². The van der Waals surface area contributed by atoms with Gasteiger partial charge in [0.2, 0.25) is 0 Å². The van der Waals surface area contributed by atoms with Gasteiger partial charge in [0.25, 0.3) is 10.1 Å². The molecule has 0 aromatic carbocycles. The van der Waals surface area contributed by atoms with Gasteiger partial charge in [0, 0.05) is 13.2 Å². The van der Waals surface area contributed by atoms with Crippen molar-refractivity contribution in [1.82, 2.24) is 0 Å². The zero-order valence-corrected chi connectivity index (χ0v) is 9.97. The van der Waals surface area contributed by atoms with Crippen LogP contribution in [0.15, 0.2) is 0 Å². The van der Waals surface area contributed by atoms with Crippen LogP contribution in [0, 0.1) is 5.92 Å². The molecule has 0 aliphatic heterocycles. The molecule has 86 valence electrons. The lowest BCUT2D eigenvalue weighted by molar-refractivity contribution is 0.0988. The summed E-state index contributed by atoms with van der Waals surface area (Å²) in [5, 5.41) is 0. The maximum Gasteiger partial charge on any atom is 0.267 e. The SMILES string of the molecule is CCS(=O)(=O)OCCCOCC(C)C. The first-order valence-corrected chi connectivity index (χ1v) is 6.50. The number of hydrogen-bond donors (Lipinski definition) is 0. The van der Waals surface area contributed by atoms with E-state index in [1.165, 1.54) is 0 Å². The second-order valence-corrected chi connectivity index (χ2v) is 5.42. The minimum atomic E-state index is -3.28. The molecule has 0 aliphatic rings. The molecule has 0 radical (unpaired) electrons. The Morgan fingerprint density at radius 1 is 1.21 bits per heavy atom. The highest BCUT2D eigenvalue weighted by Crippen LogP contribution is 1.96. The van der Waals surface area contributed by atoms with Crippen LogP contribution >= 0.6 is 0 Å². The number of ether oxygens (including phenoxy) is 1. The second-order valence-electron chi connectivity index (χ2n) is 3.49. The maximum atomic E-state index is 10.9. The van der Waals surface area contributed by atoms with E-state index in [0.29, 0.717) is 25.6 Å². The van der Waals surface area contributed by atoms with Crippen molar-refractivity contribution in [3.8, 4) is 0 Å². The first kappa shape index (κ1) is 13.9. The summed E-state index contributed by atoms with van der Waals surface area (Å²) in [6, 6.07) is 0. The summed E-state index contributed by atoms with van der Waals surface area (Å²) in [7, 11) is -3.28. The minimum absolute atomic E-state index is 0.0276. The Morgan fingerprint density at radius 2 is 1.86 bits per heavy atom. The van der Waals surface area contributed by atoms with E-state index in [2.05, 4.69) is 18.0 Å². The summed E-state index contributed by atoms with van der Waals surface area (Å²) in [5.74, 6) is 0.537. The molecule has 0 aromatic heterocycles. The lowest BCUT2D eigenvalue weighted by atomic mass is 10.2. The Labute approximate surface area is 86.7 Å². The van der Waals surface area contributed by atoms with E-state index in [9.17, 15) is 8.42 Å². The number of hydrogen-bond acceptors (Lipinski definition) is 4. The van der Waals surface area contributed by atoms with Crippen LogP contribution in [0.4, 0.5) is 0 Å². The van der Waals surface area contributed by atoms with Crippen molar-refractivity contribution >= 4 is 10.1 Å². The van der Waals surface area contributed by atoms with Gasteiger partial charge in [-0.05, 0) is 19.3 Å². The van der Waals surface area contributed by atoms with Crippen molar-refractivity contribution in [2.24, 2.45) is 5.92 Å². The summed E-state index contributed by atoms with van der Waals surface area (Å²) in [5.41, 5.74) is 0. The van der Waals surface area contributed by atoms with E-state index in [1.54, 1.807) is 6.92 Å². The highest BCUT2D eigenvalue weighted by molar-refractivity contribution is 7.86. The smallest absolute Gasteiger partial charge is 0.267 e. The summed E-state index contributed by atoms with van der Waals surface area (Å²) >= 11 is 0. The lowest BCUT2D eigenvalue weighted by Crippen LogP contribution is -2.11. The van der Waals surface area contributed by atoms with Gasteiger partial charge in [-0.3, -0.25) is 4.18 Å². The van der Waals surface area contributed by atoms with Crippen LogP contribution in [-0.2, 0) is 19.0 Å². The van der Waals surface area contributed by atoms with Gasteiger partial charge in [0.15, 0.2) is 0 Å². The summed E-state index contributed by atoms with van der Waals surface area (Å²) < 4.78 is 31.7. The Hall–Kier alpha value is -0.130. The molecule has 0 spiro atoms. The molecule has 0 aliphatic carbocycles. The molecule has 0 aromatic rings. The minimum Gasteiger partial charge on any atom is -0.381 e. The first-order chi connectivity index (χ1) is 6.48. The van der Waals surface area contributed by atoms with Crippen molar-refractivity contribution in [1.29, 1.82) is 0 Å². The van der Waals surface area contributed by atoms with Crippen LogP contribution < -0.4 is 0 Å². The van der Waals surface area contributed by atoms with E-state index in [4.69, 9.17) is 4.74 Å². The molecule has 0 atom stereocenters. The topological polar surface area (TPSA) is 52.6 Å². The lowest BCUT2D eigenvalue weighted by Gasteiger charge is -2.06. The Kier molecular flexibility index (Phi) is 7.13. The number of rotatable bonds is 8. The molecule has 0 saturated heterocycles. The fourth-order valence-electron chi connectivity index (χ4n) is 0.749. The highest BCUT2D eigenvalue weighted by atomic mass is 32.2. The summed E-state index contributed by atoms with van der Waals surface area (Å²) in [6.07, 6.45) is 0.617. The summed E-state index contributed by atoms with van der Waals surface area (Å²) in [6.45, 7) is 7.17. The molecule has 0 saturated carbocycles. The van der Waals surface area contributed by atoms with Crippen LogP contribution in [0.1, 0.15) is 27.2 Å². The quantitative estimate of drug-likeness (QED) is 0.462. The molecule has 0 fully saturated rings. The Bertz CT molecular complexity index is 221. The van der Waals surface area contributed by atoms with Crippen molar-refractivity contribution in [2.45, 2.75) is 27.2 Å². The summed E-state index contributed by atoms with van der Waals surface area (Å²) in [4.78, 5) is 0. The van der Waals surface area contributed by atoms with Crippen molar-refractivity contribution in [3.05, 3.63) is 0 Å². The van der Waals surface area contributed by atoms with Crippen LogP contribution in [0.25, 0.3) is 0 Å². The highest BCUT2D eigenvalue weighted by Gasteiger charge is 2.05. The van der Waals surface area contributed by atoms with Gasteiger partial charge in [-0.2, -0.15) is 8.42 Å². The molecule has 0 heterocycles. The zero-order valence-electron chi connectivity index (χ0n) is 9.15. The van der Waals surface area contributed by atoms with Gasteiger partial charge in [0.1, 0.15) is 0 Å². The molecule has 5 heteroatoms. The third-order valence-electron chi connectivity index (χ3n) is 1.50. The van der Waals surface area contributed by atoms with E-state index in [-0.39, 0.29) is 12.4 Å². The van der Waals surface area contributed by atoms with Gasteiger partial charge in [0.05, 0.1) is 12.4 Å². The van der Waals surface area contributed by atoms with E-state index in [1.807, 2.05) is 0 Å². The third-order valence-corrected chi connectivity index (χ3v) is 2.73. The average Bonchev–Trinajstić information content (AvgIpc) is 2.10. The van der Waals surface area contributed by atoms with Crippen molar-refractivity contribution in [2.75, 3.05) is 25.6 Å². The molecule has 0 unspecified atom stereocenters. The van der Waals surface area contributed by atoms with Gasteiger partial charge >= 0.3 is 0 Å². The fraction of sp³-hybridized carbons (Fsp3) is 1.00. The third kappa shape index (κ3) is 8.47. The zero-order chi connectivity index (χ0) is 11.0. The standard InChI is InChI=1S/C9H20O4S/c1-4-14(10,11)13-7-5-6-12-8-9(2)3/h9H,4-8H2,1-3H3.